The first kappa shape index (κ1) is 27.3. The minimum absolute atomic E-state index is 0.408. The molecule has 0 radical (unpaired) electrons. The molecule has 0 aromatic heterocycles. The maximum atomic E-state index is 9.15. The van der Waals surface area contributed by atoms with Gasteiger partial charge < -0.3 is 14.7 Å². The second-order valence-electron chi connectivity index (χ2n) is 9.11. The molecule has 0 aliphatic rings. The van der Waals surface area contributed by atoms with Crippen LogP contribution in [0.3, 0.4) is 0 Å². The van der Waals surface area contributed by atoms with Gasteiger partial charge in [0.1, 0.15) is 24.7 Å². The summed E-state index contributed by atoms with van der Waals surface area (Å²) in [5, 5.41) is 12.4. The van der Waals surface area contributed by atoms with Crippen molar-refractivity contribution in [3.63, 3.8) is 0 Å². The van der Waals surface area contributed by atoms with Gasteiger partial charge in [0.2, 0.25) is 0 Å². The van der Waals surface area contributed by atoms with Gasteiger partial charge in [0.25, 0.3) is 0 Å². The lowest BCUT2D eigenvalue weighted by molar-refractivity contribution is 0.287. The van der Waals surface area contributed by atoms with Crippen molar-refractivity contribution in [3.8, 4) is 11.5 Å². The van der Waals surface area contributed by atoms with Crippen LogP contribution in [0.4, 0.5) is 0 Å². The fourth-order valence-corrected chi connectivity index (χ4v) is 5.52. The van der Waals surface area contributed by atoms with E-state index in [0.717, 1.165) is 14.5 Å². The molecular formula is C29H33Br2NO3. The largest absolute Gasteiger partial charge is 0.489 e. The molecule has 0 fully saturated rings. The van der Waals surface area contributed by atoms with E-state index in [-0.39, 0.29) is 0 Å². The number of nitrogens with zero attached hydrogens (tertiary/aromatic N) is 1. The summed E-state index contributed by atoms with van der Waals surface area (Å²) < 4.78 is 14.8. The molecule has 0 heterocycles. The number of ether oxygens (including phenoxy) is 2. The number of hydrogen-bond donors (Lipinski definition) is 1. The molecule has 0 saturated carbocycles. The first-order valence-corrected chi connectivity index (χ1v) is 13.1. The molecule has 0 atom stereocenters. The molecule has 3 rings (SSSR count). The molecule has 0 bridgehead atoms. The van der Waals surface area contributed by atoms with E-state index in [2.05, 4.69) is 92.4 Å². The van der Waals surface area contributed by atoms with Gasteiger partial charge in [-0.2, -0.15) is 0 Å². The third-order valence-corrected chi connectivity index (χ3v) is 9.69. The van der Waals surface area contributed by atoms with Crippen LogP contribution in [0.1, 0.15) is 61.2 Å². The van der Waals surface area contributed by atoms with Gasteiger partial charge >= 0.3 is 0 Å². The summed E-state index contributed by atoms with van der Waals surface area (Å²) in [6.45, 7) is 17.9. The lowest BCUT2D eigenvalue weighted by Crippen LogP contribution is -2.07. The molecule has 4 nitrogen and oxygen atoms in total. The SMILES string of the molecule is Cc1c(C)c(COc2ccc(/C=N\O)c(OCc3c(C)c(C)c(Br)c(C)c3C)c2)c(C)c(C)c1Br. The van der Waals surface area contributed by atoms with E-state index in [1.165, 1.54) is 56.3 Å². The van der Waals surface area contributed by atoms with Crippen molar-refractivity contribution in [1.82, 2.24) is 0 Å². The standard InChI is InChI=1S/C29H33Br2NO3/c1-15-19(5)28(30)20(6)16(2)25(15)13-34-24-10-9-23(12-32-33)27(11-24)35-14-26-17(3)21(7)29(31)22(8)18(26)4/h9-12,33H,13-14H2,1-8H3/b32-12-. The maximum absolute atomic E-state index is 9.15. The van der Waals surface area contributed by atoms with Crippen LogP contribution in [0, 0.1) is 55.4 Å². The van der Waals surface area contributed by atoms with Gasteiger partial charge in [-0.25, -0.2) is 0 Å². The Morgan fingerprint density at radius 3 is 1.54 bits per heavy atom. The highest BCUT2D eigenvalue weighted by atomic mass is 79.9. The van der Waals surface area contributed by atoms with Gasteiger partial charge in [-0.05, 0) is 123 Å². The Labute approximate surface area is 225 Å². The summed E-state index contributed by atoms with van der Waals surface area (Å²) in [5.41, 5.74) is 12.8. The summed E-state index contributed by atoms with van der Waals surface area (Å²) in [6, 6.07) is 5.58. The number of benzene rings is 3. The average molecular weight is 603 g/mol. The van der Waals surface area contributed by atoms with Gasteiger partial charge in [0.05, 0.1) is 6.21 Å². The van der Waals surface area contributed by atoms with E-state index >= 15 is 0 Å². The first-order valence-electron chi connectivity index (χ1n) is 11.6. The zero-order valence-electron chi connectivity index (χ0n) is 21.7. The lowest BCUT2D eigenvalue weighted by Gasteiger charge is -2.20. The first-order chi connectivity index (χ1) is 16.5. The van der Waals surface area contributed by atoms with Crippen molar-refractivity contribution in [3.05, 3.63) is 88.3 Å². The monoisotopic (exact) mass is 601 g/mol. The normalized spacial score (nSPS) is 11.4. The van der Waals surface area contributed by atoms with Crippen LogP contribution in [0.5, 0.6) is 11.5 Å². The van der Waals surface area contributed by atoms with Crippen molar-refractivity contribution in [2.45, 2.75) is 68.6 Å². The van der Waals surface area contributed by atoms with Gasteiger partial charge in [-0.1, -0.05) is 37.0 Å². The van der Waals surface area contributed by atoms with Crippen LogP contribution in [0.25, 0.3) is 0 Å². The van der Waals surface area contributed by atoms with E-state index in [1.54, 1.807) is 0 Å². The fraction of sp³-hybridized carbons (Fsp3) is 0.345. The smallest absolute Gasteiger partial charge is 0.132 e. The molecule has 0 spiro atoms. The second kappa shape index (κ2) is 11.2. The third kappa shape index (κ3) is 5.44. The molecule has 0 unspecified atom stereocenters. The van der Waals surface area contributed by atoms with Crippen LogP contribution in [0.2, 0.25) is 0 Å². The van der Waals surface area contributed by atoms with E-state index in [1.807, 2.05) is 18.2 Å². The summed E-state index contributed by atoms with van der Waals surface area (Å²) in [7, 11) is 0. The van der Waals surface area contributed by atoms with E-state index in [4.69, 9.17) is 14.7 Å². The molecule has 0 aliphatic heterocycles. The molecule has 1 N–H and O–H groups in total. The van der Waals surface area contributed by atoms with Gasteiger partial charge in [0.15, 0.2) is 0 Å². The lowest BCUT2D eigenvalue weighted by atomic mass is 9.94. The topological polar surface area (TPSA) is 51.0 Å². The summed E-state index contributed by atoms with van der Waals surface area (Å²) in [4.78, 5) is 0. The van der Waals surface area contributed by atoms with Crippen LogP contribution in [-0.2, 0) is 13.2 Å². The molecule has 35 heavy (non-hydrogen) atoms. The summed E-state index contributed by atoms with van der Waals surface area (Å²) in [5.74, 6) is 1.30. The number of oxime groups is 1. The molecule has 186 valence electrons. The molecule has 6 heteroatoms. The number of hydrogen-bond acceptors (Lipinski definition) is 4. The molecule has 3 aromatic rings. The quantitative estimate of drug-likeness (QED) is 0.167. The fourth-order valence-electron chi connectivity index (χ4n) is 4.33. The molecule has 3 aromatic carbocycles. The van der Waals surface area contributed by atoms with Gasteiger partial charge in [-0.15, -0.1) is 0 Å². The molecule has 0 amide bonds. The Kier molecular flexibility index (Phi) is 8.71. The Balaban J connectivity index is 1.90. The highest BCUT2D eigenvalue weighted by molar-refractivity contribution is 9.10. The Hall–Kier alpha value is -2.31. The zero-order chi connectivity index (χ0) is 26.0. The van der Waals surface area contributed by atoms with Crippen molar-refractivity contribution in [2.24, 2.45) is 5.16 Å². The van der Waals surface area contributed by atoms with E-state index in [9.17, 15) is 0 Å². The Morgan fingerprint density at radius 2 is 1.11 bits per heavy atom. The molecular weight excluding hydrogens is 570 g/mol. The highest BCUT2D eigenvalue weighted by Gasteiger charge is 2.16. The van der Waals surface area contributed by atoms with Crippen LogP contribution in [0.15, 0.2) is 32.3 Å². The van der Waals surface area contributed by atoms with Crippen molar-refractivity contribution >= 4 is 38.1 Å². The minimum Gasteiger partial charge on any atom is -0.489 e. The summed E-state index contributed by atoms with van der Waals surface area (Å²) >= 11 is 7.42. The average Bonchev–Trinajstić information content (AvgIpc) is 2.85. The maximum Gasteiger partial charge on any atom is 0.132 e. The predicted molar refractivity (Wildman–Crippen MR) is 151 cm³/mol. The van der Waals surface area contributed by atoms with Crippen molar-refractivity contribution in [2.75, 3.05) is 0 Å². The Morgan fingerprint density at radius 1 is 0.686 bits per heavy atom. The second-order valence-corrected chi connectivity index (χ2v) is 10.7. The zero-order valence-corrected chi connectivity index (χ0v) is 24.9. The van der Waals surface area contributed by atoms with Gasteiger partial charge in [-0.3, -0.25) is 0 Å². The van der Waals surface area contributed by atoms with Crippen molar-refractivity contribution in [1.29, 1.82) is 0 Å². The molecule has 0 saturated heterocycles. The highest BCUT2D eigenvalue weighted by Crippen LogP contribution is 2.34. The molecule has 0 aliphatic carbocycles. The van der Waals surface area contributed by atoms with E-state index in [0.29, 0.717) is 30.3 Å². The van der Waals surface area contributed by atoms with Crippen molar-refractivity contribution < 1.29 is 14.7 Å². The number of rotatable bonds is 7. The third-order valence-electron chi connectivity index (χ3n) is 7.31. The number of halogens is 2. The predicted octanol–water partition coefficient (Wildman–Crippen LogP) is 8.65. The summed E-state index contributed by atoms with van der Waals surface area (Å²) in [6.07, 6.45) is 1.38. The minimum atomic E-state index is 0.408. The van der Waals surface area contributed by atoms with Crippen LogP contribution in [-0.4, -0.2) is 11.4 Å². The van der Waals surface area contributed by atoms with Gasteiger partial charge in [0, 0.05) is 20.6 Å². The van der Waals surface area contributed by atoms with Crippen LogP contribution >= 0.6 is 31.9 Å². The Bertz CT molecular complexity index is 1250. The van der Waals surface area contributed by atoms with Crippen LogP contribution < -0.4 is 9.47 Å². The van der Waals surface area contributed by atoms with E-state index < -0.39 is 0 Å².